The largest absolute Gasteiger partial charge is 0.495 e. The molecule has 0 radical (unpaired) electrons. The lowest BCUT2D eigenvalue weighted by atomic mass is 10.1. The van der Waals surface area contributed by atoms with Crippen molar-refractivity contribution in [3.8, 4) is 5.75 Å². The molecule has 6 heteroatoms. The molecule has 3 rings (SSSR count). The average molecular weight is 377 g/mol. The minimum atomic E-state index is -0.315. The predicted molar refractivity (Wildman–Crippen MR) is 102 cm³/mol. The molecule has 1 aliphatic heterocycles. The number of amides is 1. The third-order valence-electron chi connectivity index (χ3n) is 4.68. The fourth-order valence-corrected chi connectivity index (χ4v) is 3.34. The van der Waals surface area contributed by atoms with Crippen LogP contribution in [0.4, 0.5) is 10.1 Å². The van der Waals surface area contributed by atoms with E-state index in [4.69, 9.17) is 16.3 Å². The molecule has 0 aliphatic carbocycles. The quantitative estimate of drug-likeness (QED) is 0.815. The molecular weight excluding hydrogens is 355 g/mol. The molecule has 0 unspecified atom stereocenters. The number of carbonyl (C=O) groups excluding carboxylic acids is 1. The Kier molecular flexibility index (Phi) is 5.67. The highest BCUT2D eigenvalue weighted by Crippen LogP contribution is 2.34. The van der Waals surface area contributed by atoms with Gasteiger partial charge in [0.15, 0.2) is 0 Å². The topological polar surface area (TPSA) is 32.8 Å². The monoisotopic (exact) mass is 376 g/mol. The second-order valence-electron chi connectivity index (χ2n) is 6.45. The number of hydrogen-bond acceptors (Lipinski definition) is 3. The summed E-state index contributed by atoms with van der Waals surface area (Å²) in [6.45, 7) is 4.64. The summed E-state index contributed by atoms with van der Waals surface area (Å²) in [5.74, 6) is 0.444. The lowest BCUT2D eigenvalue weighted by molar-refractivity contribution is -0.130. The van der Waals surface area contributed by atoms with Gasteiger partial charge in [0.1, 0.15) is 11.6 Å². The van der Waals surface area contributed by atoms with Crippen molar-refractivity contribution in [3.63, 3.8) is 0 Å². The van der Waals surface area contributed by atoms with Gasteiger partial charge in [0.25, 0.3) is 0 Å². The smallest absolute Gasteiger partial charge is 0.227 e. The van der Waals surface area contributed by atoms with Crippen LogP contribution in [0, 0.1) is 12.7 Å². The number of methoxy groups -OCH3 is 1. The molecule has 1 fully saturated rings. The van der Waals surface area contributed by atoms with Crippen molar-refractivity contribution in [1.29, 1.82) is 0 Å². The maximum absolute atomic E-state index is 13.3. The lowest BCUT2D eigenvalue weighted by Crippen LogP contribution is -2.49. The first kappa shape index (κ1) is 18.5. The fourth-order valence-electron chi connectivity index (χ4n) is 3.19. The number of hydrogen-bond donors (Lipinski definition) is 0. The Labute approximate surface area is 158 Å². The van der Waals surface area contributed by atoms with Crippen molar-refractivity contribution in [2.24, 2.45) is 0 Å². The molecule has 1 heterocycles. The molecular formula is C20H22ClFN2O2. The molecule has 0 aromatic heterocycles. The van der Waals surface area contributed by atoms with Gasteiger partial charge in [-0.1, -0.05) is 23.7 Å². The van der Waals surface area contributed by atoms with Crippen LogP contribution in [0.3, 0.4) is 0 Å². The van der Waals surface area contributed by atoms with Crippen molar-refractivity contribution in [1.82, 2.24) is 4.90 Å². The summed E-state index contributed by atoms with van der Waals surface area (Å²) in [6, 6.07) is 10.0. The van der Waals surface area contributed by atoms with Crippen LogP contribution in [-0.2, 0) is 11.2 Å². The van der Waals surface area contributed by atoms with Crippen molar-refractivity contribution in [2.75, 3.05) is 38.2 Å². The zero-order chi connectivity index (χ0) is 18.7. The first-order chi connectivity index (χ1) is 12.5. The molecule has 4 nitrogen and oxygen atoms in total. The van der Waals surface area contributed by atoms with Gasteiger partial charge in [0.2, 0.25) is 5.91 Å². The summed E-state index contributed by atoms with van der Waals surface area (Å²) in [4.78, 5) is 16.5. The molecule has 138 valence electrons. The summed E-state index contributed by atoms with van der Waals surface area (Å²) in [5.41, 5.74) is 2.69. The van der Waals surface area contributed by atoms with Gasteiger partial charge in [0.05, 0.1) is 19.2 Å². The number of halogens is 2. The van der Waals surface area contributed by atoms with E-state index in [0.717, 1.165) is 17.0 Å². The highest BCUT2D eigenvalue weighted by molar-refractivity contribution is 6.31. The lowest BCUT2D eigenvalue weighted by Gasteiger charge is -2.37. The van der Waals surface area contributed by atoms with E-state index in [9.17, 15) is 9.18 Å². The Morgan fingerprint density at radius 1 is 1.19 bits per heavy atom. The number of aryl methyl sites for hydroxylation is 1. The fraction of sp³-hybridized carbons (Fsp3) is 0.350. The standard InChI is InChI=1S/C20H22ClFN2O2/c1-14-10-18(19(26-2)13-17(14)21)23-6-8-24(9-7-23)20(25)12-15-4-3-5-16(22)11-15/h3-5,10-11,13H,6-9,12H2,1-2H3. The summed E-state index contributed by atoms with van der Waals surface area (Å²) in [7, 11) is 1.63. The molecule has 0 atom stereocenters. The number of anilines is 1. The number of carbonyl (C=O) groups is 1. The van der Waals surface area contributed by atoms with Crippen LogP contribution >= 0.6 is 11.6 Å². The molecule has 0 saturated carbocycles. The number of rotatable bonds is 4. The van der Waals surface area contributed by atoms with Gasteiger partial charge in [-0.25, -0.2) is 4.39 Å². The second-order valence-corrected chi connectivity index (χ2v) is 6.85. The molecule has 2 aromatic rings. The Balaban J connectivity index is 1.64. The van der Waals surface area contributed by atoms with Crippen LogP contribution in [-0.4, -0.2) is 44.1 Å². The molecule has 0 bridgehead atoms. The van der Waals surface area contributed by atoms with Crippen LogP contribution in [0.5, 0.6) is 5.75 Å². The van der Waals surface area contributed by atoms with E-state index >= 15 is 0 Å². The average Bonchev–Trinajstić information content (AvgIpc) is 2.63. The summed E-state index contributed by atoms with van der Waals surface area (Å²) < 4.78 is 18.7. The number of ether oxygens (including phenoxy) is 1. The van der Waals surface area contributed by atoms with E-state index in [-0.39, 0.29) is 18.1 Å². The zero-order valence-electron chi connectivity index (χ0n) is 15.0. The van der Waals surface area contributed by atoms with Gasteiger partial charge < -0.3 is 14.5 Å². The minimum absolute atomic E-state index is 0.0227. The van der Waals surface area contributed by atoms with Gasteiger partial charge >= 0.3 is 0 Å². The van der Waals surface area contributed by atoms with Crippen LogP contribution in [0.1, 0.15) is 11.1 Å². The van der Waals surface area contributed by atoms with E-state index in [1.165, 1.54) is 12.1 Å². The SMILES string of the molecule is COc1cc(Cl)c(C)cc1N1CCN(C(=O)Cc2cccc(F)c2)CC1. The molecule has 26 heavy (non-hydrogen) atoms. The highest BCUT2D eigenvalue weighted by Gasteiger charge is 2.23. The Morgan fingerprint density at radius 3 is 2.58 bits per heavy atom. The van der Waals surface area contributed by atoms with Gasteiger partial charge in [0, 0.05) is 37.3 Å². The van der Waals surface area contributed by atoms with Crippen LogP contribution in [0.15, 0.2) is 36.4 Å². The minimum Gasteiger partial charge on any atom is -0.495 e. The molecule has 0 N–H and O–H groups in total. The van der Waals surface area contributed by atoms with Crippen molar-refractivity contribution < 1.29 is 13.9 Å². The van der Waals surface area contributed by atoms with Gasteiger partial charge in [-0.2, -0.15) is 0 Å². The summed E-state index contributed by atoms with van der Waals surface area (Å²) in [5, 5.41) is 0.675. The van der Waals surface area contributed by atoms with Crippen LogP contribution in [0.25, 0.3) is 0 Å². The molecule has 0 spiro atoms. The number of piperazine rings is 1. The van der Waals surface area contributed by atoms with E-state index < -0.39 is 0 Å². The van der Waals surface area contributed by atoms with Crippen molar-refractivity contribution in [2.45, 2.75) is 13.3 Å². The van der Waals surface area contributed by atoms with Crippen molar-refractivity contribution in [3.05, 3.63) is 58.4 Å². The maximum Gasteiger partial charge on any atom is 0.227 e. The van der Waals surface area contributed by atoms with E-state index in [1.54, 1.807) is 19.2 Å². The van der Waals surface area contributed by atoms with E-state index in [0.29, 0.717) is 36.8 Å². The third-order valence-corrected chi connectivity index (χ3v) is 5.08. The first-order valence-electron chi connectivity index (χ1n) is 8.59. The van der Waals surface area contributed by atoms with Crippen LogP contribution < -0.4 is 9.64 Å². The first-order valence-corrected chi connectivity index (χ1v) is 8.97. The van der Waals surface area contributed by atoms with Gasteiger partial charge in [-0.3, -0.25) is 4.79 Å². The van der Waals surface area contributed by atoms with Gasteiger partial charge in [-0.05, 0) is 36.2 Å². The number of nitrogens with zero attached hydrogens (tertiary/aromatic N) is 2. The van der Waals surface area contributed by atoms with Gasteiger partial charge in [-0.15, -0.1) is 0 Å². The Bertz CT molecular complexity index is 804. The van der Waals surface area contributed by atoms with E-state index in [1.807, 2.05) is 24.0 Å². The highest BCUT2D eigenvalue weighted by atomic mass is 35.5. The molecule has 1 aliphatic rings. The molecule has 2 aromatic carbocycles. The molecule has 1 amide bonds. The van der Waals surface area contributed by atoms with Crippen molar-refractivity contribution >= 4 is 23.2 Å². The normalized spacial score (nSPS) is 14.5. The summed E-state index contributed by atoms with van der Waals surface area (Å²) in [6.07, 6.45) is 0.223. The van der Waals surface area contributed by atoms with Crippen LogP contribution in [0.2, 0.25) is 5.02 Å². The third kappa shape index (κ3) is 4.10. The maximum atomic E-state index is 13.3. The molecule has 1 saturated heterocycles. The second kappa shape index (κ2) is 7.96. The summed E-state index contributed by atoms with van der Waals surface area (Å²) >= 11 is 6.18. The predicted octanol–water partition coefficient (Wildman–Crippen LogP) is 3.69. The number of benzene rings is 2. The zero-order valence-corrected chi connectivity index (χ0v) is 15.7. The van der Waals surface area contributed by atoms with E-state index in [2.05, 4.69) is 4.90 Å². The Morgan fingerprint density at radius 2 is 1.92 bits per heavy atom. The Hall–Kier alpha value is -2.27.